The molecular weight excluding hydrogens is 965 g/mol. The van der Waals surface area contributed by atoms with E-state index in [2.05, 4.69) is 26.3 Å². The summed E-state index contributed by atoms with van der Waals surface area (Å²) in [4.78, 5) is 49.4. The summed E-state index contributed by atoms with van der Waals surface area (Å²) in [6, 6.07) is 26.2. The standard InChI is InChI=1S/C49H60F3N8O11P/c1-30(2)43(61)57-47-56-42-39(44(62)58-47)55-28-59(42)45-41(67-29-66-26-24-54-46(63)49(50,51)52)40(71-72(69-25-12-23-53)60(31(3)4)32(5)6)38(70-45)27-68-48(33-13-10-9-11-14-33,34-15-19-36(64-7)20-16-34)35-17-21-37(65-8)22-18-35/h9-11,13-22,28,30-32,38,40-41,45H,12,24-27,29H2,1-8H3,(H,54,63)(H2,56,57,58,61,62)/t38-,40-,41-,45-,72?/m1/s1. The number of nitriles is 1. The van der Waals surface area contributed by atoms with Crippen LogP contribution in [0.2, 0.25) is 0 Å². The Kier molecular flexibility index (Phi) is 19.3. The van der Waals surface area contributed by atoms with Gasteiger partial charge in [0.25, 0.3) is 14.1 Å². The van der Waals surface area contributed by atoms with Crippen LogP contribution >= 0.6 is 8.53 Å². The maximum atomic E-state index is 13.5. The van der Waals surface area contributed by atoms with E-state index < -0.39 is 81.5 Å². The van der Waals surface area contributed by atoms with E-state index in [0.29, 0.717) is 22.6 Å². The molecule has 19 nitrogen and oxygen atoms in total. The number of anilines is 1. The number of carbonyl (C=O) groups excluding carboxylic acids is 2. The van der Waals surface area contributed by atoms with Crippen molar-refractivity contribution in [1.82, 2.24) is 29.5 Å². The van der Waals surface area contributed by atoms with Crippen molar-refractivity contribution in [3.05, 3.63) is 112 Å². The van der Waals surface area contributed by atoms with Gasteiger partial charge in [0, 0.05) is 24.5 Å². The van der Waals surface area contributed by atoms with Crippen molar-refractivity contribution >= 4 is 37.5 Å². The van der Waals surface area contributed by atoms with E-state index in [4.69, 9.17) is 37.5 Å². The Hall–Kier alpha value is -6.02. The number of benzene rings is 3. The van der Waals surface area contributed by atoms with Gasteiger partial charge in [0.1, 0.15) is 42.2 Å². The minimum Gasteiger partial charge on any atom is -0.497 e. The first-order valence-electron chi connectivity index (χ1n) is 23.1. The molecule has 0 bridgehead atoms. The minimum absolute atomic E-state index is 0.00435. The minimum atomic E-state index is -5.10. The molecule has 2 amide bonds. The molecular formula is C49H60F3N8O11P. The molecule has 0 radical (unpaired) electrons. The maximum Gasteiger partial charge on any atom is 0.471 e. The first-order valence-corrected chi connectivity index (χ1v) is 24.3. The Balaban J connectivity index is 1.51. The summed E-state index contributed by atoms with van der Waals surface area (Å²) < 4.78 is 93.5. The van der Waals surface area contributed by atoms with Gasteiger partial charge in [0.15, 0.2) is 17.4 Å². The second-order valence-electron chi connectivity index (χ2n) is 17.3. The fraction of sp³-hybridized carbons (Fsp3) is 0.469. The van der Waals surface area contributed by atoms with Crippen molar-refractivity contribution in [3.63, 3.8) is 0 Å². The number of hydrogen-bond acceptors (Lipinski definition) is 15. The predicted octanol–water partition coefficient (Wildman–Crippen LogP) is 7.34. The number of aromatic nitrogens is 4. The number of aromatic amines is 1. The van der Waals surface area contributed by atoms with Crippen LogP contribution in [0, 0.1) is 17.2 Å². The van der Waals surface area contributed by atoms with Gasteiger partial charge in [0.05, 0.1) is 52.9 Å². The van der Waals surface area contributed by atoms with E-state index in [-0.39, 0.29) is 55.4 Å². The highest BCUT2D eigenvalue weighted by atomic mass is 31.2. The molecule has 1 fully saturated rings. The fourth-order valence-corrected chi connectivity index (χ4v) is 9.77. The Labute approximate surface area is 416 Å². The van der Waals surface area contributed by atoms with Crippen molar-refractivity contribution in [1.29, 1.82) is 5.26 Å². The van der Waals surface area contributed by atoms with Gasteiger partial charge in [0.2, 0.25) is 11.9 Å². The molecule has 0 spiro atoms. The number of alkyl halides is 3. The molecule has 388 valence electrons. The molecule has 2 aromatic heterocycles. The zero-order valence-electron chi connectivity index (χ0n) is 41.2. The van der Waals surface area contributed by atoms with Gasteiger partial charge in [-0.15, -0.1) is 0 Å². The van der Waals surface area contributed by atoms with E-state index in [1.165, 1.54) is 10.9 Å². The van der Waals surface area contributed by atoms with Crippen LogP contribution in [-0.2, 0) is 43.2 Å². The number of rotatable bonds is 25. The molecule has 1 unspecified atom stereocenters. The number of imidazole rings is 1. The molecule has 6 rings (SSSR count). The van der Waals surface area contributed by atoms with Gasteiger partial charge in [-0.3, -0.25) is 29.3 Å². The summed E-state index contributed by atoms with van der Waals surface area (Å²) in [5, 5.41) is 13.9. The first-order chi connectivity index (χ1) is 34.4. The largest absolute Gasteiger partial charge is 0.497 e. The van der Waals surface area contributed by atoms with Crippen LogP contribution < -0.4 is 25.7 Å². The Morgan fingerprint density at radius 2 is 1.51 bits per heavy atom. The molecule has 23 heteroatoms. The zero-order valence-corrected chi connectivity index (χ0v) is 42.1. The van der Waals surface area contributed by atoms with Crippen molar-refractivity contribution < 1.29 is 60.2 Å². The number of hydrogen-bond donors (Lipinski definition) is 3. The van der Waals surface area contributed by atoms with Crippen molar-refractivity contribution in [2.24, 2.45) is 5.92 Å². The fourth-order valence-electron chi connectivity index (χ4n) is 8.01. The number of halogens is 3. The summed E-state index contributed by atoms with van der Waals surface area (Å²) in [7, 11) is 1.10. The third-order valence-electron chi connectivity index (χ3n) is 11.4. The predicted molar refractivity (Wildman–Crippen MR) is 259 cm³/mol. The van der Waals surface area contributed by atoms with Crippen LogP contribution in [0.25, 0.3) is 11.2 Å². The molecule has 5 atom stereocenters. The SMILES string of the molecule is COc1ccc(C(OC[C@H]2O[C@@H](n3cnc4c(=O)[nH]c(NC(=O)C(C)C)nc43)[C@H](OCOCCNC(=O)C(F)(F)F)[C@@H]2OP(OCCC#N)N(C(C)C)C(C)C)(c2ccccc2)c2ccc(OC)cc2)cc1. The van der Waals surface area contributed by atoms with Gasteiger partial charge in [-0.1, -0.05) is 68.4 Å². The number of nitrogens with one attached hydrogen (secondary N) is 3. The van der Waals surface area contributed by atoms with E-state index in [1.807, 2.05) is 111 Å². The molecule has 0 aliphatic carbocycles. The molecule has 1 saturated heterocycles. The van der Waals surface area contributed by atoms with Crippen LogP contribution in [0.1, 0.15) is 70.9 Å². The lowest BCUT2D eigenvalue weighted by atomic mass is 9.80. The molecule has 3 heterocycles. The maximum absolute atomic E-state index is 13.5. The average molecular weight is 1030 g/mol. The molecule has 5 aromatic rings. The lowest BCUT2D eigenvalue weighted by Crippen LogP contribution is -2.43. The summed E-state index contributed by atoms with van der Waals surface area (Å²) >= 11 is 0. The third kappa shape index (κ3) is 13.1. The number of fused-ring (bicyclic) bond motifs is 1. The number of amides is 2. The van der Waals surface area contributed by atoms with E-state index in [1.54, 1.807) is 33.4 Å². The topological polar surface area (TPSA) is 223 Å². The second-order valence-corrected chi connectivity index (χ2v) is 18.7. The summed E-state index contributed by atoms with van der Waals surface area (Å²) in [6.45, 7) is 9.54. The number of methoxy groups -OCH3 is 2. The van der Waals surface area contributed by atoms with Gasteiger partial charge in [-0.05, 0) is 68.7 Å². The van der Waals surface area contributed by atoms with Crippen LogP contribution in [0.15, 0.2) is 90.0 Å². The molecule has 3 N–H and O–H groups in total. The Bertz CT molecular complexity index is 2590. The van der Waals surface area contributed by atoms with Crippen LogP contribution in [0.3, 0.4) is 0 Å². The Morgan fingerprint density at radius 3 is 2.07 bits per heavy atom. The monoisotopic (exact) mass is 1020 g/mol. The number of nitrogens with zero attached hydrogens (tertiary/aromatic N) is 5. The van der Waals surface area contributed by atoms with Gasteiger partial charge >= 0.3 is 12.1 Å². The Morgan fingerprint density at radius 1 is 0.903 bits per heavy atom. The van der Waals surface area contributed by atoms with Crippen molar-refractivity contribution in [2.75, 3.05) is 52.7 Å². The van der Waals surface area contributed by atoms with Gasteiger partial charge in [-0.2, -0.15) is 23.4 Å². The van der Waals surface area contributed by atoms with E-state index >= 15 is 0 Å². The second kappa shape index (κ2) is 25.1. The first kappa shape index (κ1) is 55.3. The smallest absolute Gasteiger partial charge is 0.471 e. The van der Waals surface area contributed by atoms with Gasteiger partial charge < -0.3 is 42.8 Å². The highest BCUT2D eigenvalue weighted by molar-refractivity contribution is 7.44. The average Bonchev–Trinajstić information content (AvgIpc) is 3.93. The molecule has 0 saturated carbocycles. The van der Waals surface area contributed by atoms with Crippen molar-refractivity contribution in [2.45, 2.75) is 96.4 Å². The molecule has 3 aromatic carbocycles. The van der Waals surface area contributed by atoms with Crippen LogP contribution in [0.5, 0.6) is 11.5 Å². The lowest BCUT2D eigenvalue weighted by Gasteiger charge is -2.39. The molecule has 1 aliphatic heterocycles. The summed E-state index contributed by atoms with van der Waals surface area (Å²) in [6.07, 6.45) is -8.47. The summed E-state index contributed by atoms with van der Waals surface area (Å²) in [5.74, 6) is -1.97. The van der Waals surface area contributed by atoms with Gasteiger partial charge in [-0.25, -0.2) is 9.65 Å². The zero-order chi connectivity index (χ0) is 52.2. The number of H-pyrrole nitrogens is 1. The normalized spacial score (nSPS) is 17.7. The molecule has 1 aliphatic rings. The number of carbonyl (C=O) groups is 2. The number of ether oxygens (including phenoxy) is 6. The van der Waals surface area contributed by atoms with Crippen LogP contribution in [-0.4, -0.2) is 120 Å². The van der Waals surface area contributed by atoms with Crippen LogP contribution in [0.4, 0.5) is 19.1 Å². The van der Waals surface area contributed by atoms with E-state index in [9.17, 15) is 32.8 Å². The van der Waals surface area contributed by atoms with E-state index in [0.717, 1.165) is 5.56 Å². The quantitative estimate of drug-likeness (QED) is 0.0225. The highest BCUT2D eigenvalue weighted by Crippen LogP contribution is 2.51. The summed E-state index contributed by atoms with van der Waals surface area (Å²) in [5.41, 5.74) is -0.00125. The lowest BCUT2D eigenvalue weighted by molar-refractivity contribution is -0.174. The molecule has 72 heavy (non-hydrogen) atoms. The highest BCUT2D eigenvalue weighted by Gasteiger charge is 2.52. The third-order valence-corrected chi connectivity index (χ3v) is 13.5. The van der Waals surface area contributed by atoms with Crippen molar-refractivity contribution in [3.8, 4) is 17.6 Å².